The van der Waals surface area contributed by atoms with Crippen LogP contribution in [0.25, 0.3) is 0 Å². The average Bonchev–Trinajstić information content (AvgIpc) is 2.60. The van der Waals surface area contributed by atoms with Crippen LogP contribution in [0, 0.1) is 0 Å². The largest absolute Gasteiger partial charge is 0.369 e. The summed E-state index contributed by atoms with van der Waals surface area (Å²) >= 11 is 0. The molecule has 4 N–H and O–H groups in total. The Morgan fingerprint density at radius 3 is 2.00 bits per heavy atom. The van der Waals surface area contributed by atoms with E-state index in [1.54, 1.807) is 0 Å². The molecule has 22 heavy (non-hydrogen) atoms. The summed E-state index contributed by atoms with van der Waals surface area (Å²) < 4.78 is 0. The van der Waals surface area contributed by atoms with Gasteiger partial charge in [0.05, 0.1) is 5.69 Å². The van der Waals surface area contributed by atoms with Crippen molar-refractivity contribution in [3.05, 3.63) is 30.3 Å². The Kier molecular flexibility index (Phi) is 11.5. The van der Waals surface area contributed by atoms with Crippen LogP contribution in [-0.4, -0.2) is 29.9 Å². The molecule has 0 amide bonds. The minimum Gasteiger partial charge on any atom is -0.369 e. The molecule has 1 aromatic rings. The van der Waals surface area contributed by atoms with Gasteiger partial charge in [-0.05, 0) is 31.4 Å². The zero-order valence-corrected chi connectivity index (χ0v) is 14.4. The highest BCUT2D eigenvalue weighted by molar-refractivity contribution is 5.94. The molecule has 124 valence electrons. The van der Waals surface area contributed by atoms with Gasteiger partial charge in [0.1, 0.15) is 0 Å². The highest BCUT2D eigenvalue weighted by Gasteiger charge is 2.12. The van der Waals surface area contributed by atoms with Gasteiger partial charge in [0.2, 0.25) is 5.96 Å². The zero-order valence-electron chi connectivity index (χ0n) is 14.4. The van der Waals surface area contributed by atoms with E-state index in [4.69, 9.17) is 11.5 Å². The third kappa shape index (κ3) is 7.67. The molecule has 1 aliphatic rings. The SMILES string of the molecule is CC.CC.NC(=Nc1ccccc1)N=C(N)N1CCCCC1. The van der Waals surface area contributed by atoms with Gasteiger partial charge in [-0.2, -0.15) is 4.99 Å². The van der Waals surface area contributed by atoms with Gasteiger partial charge in [-0.1, -0.05) is 45.9 Å². The summed E-state index contributed by atoms with van der Waals surface area (Å²) in [4.78, 5) is 10.4. The topological polar surface area (TPSA) is 80.0 Å². The molecular weight excluding hydrogens is 274 g/mol. The first kappa shape index (κ1) is 20.0. The Morgan fingerprint density at radius 2 is 1.45 bits per heavy atom. The Labute approximate surface area is 135 Å². The molecule has 1 heterocycles. The Morgan fingerprint density at radius 1 is 0.909 bits per heavy atom. The number of para-hydroxylation sites is 1. The third-order valence-corrected chi connectivity index (χ3v) is 2.91. The number of nitrogens with two attached hydrogens (primary N) is 2. The van der Waals surface area contributed by atoms with Crippen LogP contribution in [0.2, 0.25) is 0 Å². The first-order chi connectivity index (χ1) is 10.8. The van der Waals surface area contributed by atoms with Crippen molar-refractivity contribution in [2.75, 3.05) is 13.1 Å². The molecule has 0 unspecified atom stereocenters. The average molecular weight is 305 g/mol. The van der Waals surface area contributed by atoms with E-state index in [1.807, 2.05) is 58.0 Å². The lowest BCUT2D eigenvalue weighted by Crippen LogP contribution is -2.41. The van der Waals surface area contributed by atoms with Gasteiger partial charge in [-0.25, -0.2) is 4.99 Å². The van der Waals surface area contributed by atoms with Crippen LogP contribution in [0.15, 0.2) is 40.3 Å². The number of benzene rings is 1. The summed E-state index contributed by atoms with van der Waals surface area (Å²) in [6.07, 6.45) is 3.58. The van der Waals surface area contributed by atoms with Crippen molar-refractivity contribution in [2.24, 2.45) is 21.5 Å². The van der Waals surface area contributed by atoms with Crippen molar-refractivity contribution in [3.8, 4) is 0 Å². The Bertz CT molecular complexity index is 434. The van der Waals surface area contributed by atoms with Crippen LogP contribution in [0.1, 0.15) is 47.0 Å². The maximum atomic E-state index is 5.92. The lowest BCUT2D eigenvalue weighted by Gasteiger charge is -2.27. The fourth-order valence-electron chi connectivity index (χ4n) is 1.97. The van der Waals surface area contributed by atoms with E-state index in [-0.39, 0.29) is 5.96 Å². The quantitative estimate of drug-likeness (QED) is 0.615. The molecule has 2 rings (SSSR count). The number of aliphatic imine (C=N–C) groups is 2. The van der Waals surface area contributed by atoms with E-state index in [1.165, 1.54) is 6.42 Å². The molecule has 1 aliphatic heterocycles. The van der Waals surface area contributed by atoms with E-state index in [0.717, 1.165) is 31.6 Å². The summed E-state index contributed by atoms with van der Waals surface area (Å²) in [6.45, 7) is 9.90. The molecule has 1 saturated heterocycles. The molecule has 0 aromatic heterocycles. The van der Waals surface area contributed by atoms with Crippen molar-refractivity contribution in [1.82, 2.24) is 4.90 Å². The second kappa shape index (κ2) is 12.7. The lowest BCUT2D eigenvalue weighted by molar-refractivity contribution is 0.339. The molecule has 1 fully saturated rings. The monoisotopic (exact) mass is 305 g/mol. The van der Waals surface area contributed by atoms with Gasteiger partial charge >= 0.3 is 0 Å². The Balaban J connectivity index is 0.00000102. The van der Waals surface area contributed by atoms with E-state index < -0.39 is 0 Å². The first-order valence-corrected chi connectivity index (χ1v) is 8.24. The molecular formula is C17H31N5. The maximum Gasteiger partial charge on any atom is 0.223 e. The normalized spacial score (nSPS) is 15.2. The second-order valence-corrected chi connectivity index (χ2v) is 4.32. The number of nitrogens with zero attached hydrogens (tertiary/aromatic N) is 3. The highest BCUT2D eigenvalue weighted by atomic mass is 15.3. The molecule has 5 nitrogen and oxygen atoms in total. The minimum absolute atomic E-state index is 0.198. The minimum atomic E-state index is 0.198. The third-order valence-electron chi connectivity index (χ3n) is 2.91. The van der Waals surface area contributed by atoms with E-state index in [9.17, 15) is 0 Å². The van der Waals surface area contributed by atoms with Gasteiger partial charge in [0.25, 0.3) is 0 Å². The number of likely N-dealkylation sites (tertiary alicyclic amines) is 1. The number of hydrogen-bond acceptors (Lipinski definition) is 1. The van der Waals surface area contributed by atoms with Crippen LogP contribution >= 0.6 is 0 Å². The van der Waals surface area contributed by atoms with E-state index >= 15 is 0 Å². The van der Waals surface area contributed by atoms with Crippen LogP contribution in [0.3, 0.4) is 0 Å². The van der Waals surface area contributed by atoms with Crippen molar-refractivity contribution < 1.29 is 0 Å². The molecule has 0 bridgehead atoms. The van der Waals surface area contributed by atoms with Crippen molar-refractivity contribution in [2.45, 2.75) is 47.0 Å². The van der Waals surface area contributed by atoms with Crippen LogP contribution < -0.4 is 11.5 Å². The van der Waals surface area contributed by atoms with Crippen LogP contribution in [0.5, 0.6) is 0 Å². The number of piperidine rings is 1. The summed E-state index contributed by atoms with van der Waals surface area (Å²) in [5, 5.41) is 0. The molecule has 0 spiro atoms. The molecule has 0 aliphatic carbocycles. The van der Waals surface area contributed by atoms with Crippen molar-refractivity contribution >= 4 is 17.6 Å². The van der Waals surface area contributed by atoms with Gasteiger partial charge in [0.15, 0.2) is 5.96 Å². The highest BCUT2D eigenvalue weighted by Crippen LogP contribution is 2.10. The van der Waals surface area contributed by atoms with Gasteiger partial charge in [-0.15, -0.1) is 0 Å². The maximum absolute atomic E-state index is 5.92. The van der Waals surface area contributed by atoms with Crippen LogP contribution in [-0.2, 0) is 0 Å². The van der Waals surface area contributed by atoms with Gasteiger partial charge in [0, 0.05) is 13.1 Å². The molecule has 0 saturated carbocycles. The summed E-state index contributed by atoms with van der Waals surface area (Å²) in [6, 6.07) is 9.49. The van der Waals surface area contributed by atoms with E-state index in [2.05, 4.69) is 14.9 Å². The number of guanidine groups is 2. The summed E-state index contributed by atoms with van der Waals surface area (Å²) in [5.41, 5.74) is 12.5. The van der Waals surface area contributed by atoms with Gasteiger partial charge in [-0.3, -0.25) is 0 Å². The standard InChI is InChI=1S/C13H19N5.2C2H6/c14-12(16-11-7-3-1-4-8-11)17-13(15)18-9-5-2-6-10-18;2*1-2/h1,3-4,7-8H,2,5-6,9-10H2,(H4,14,15,16,17);2*1-2H3. The fraction of sp³-hybridized carbons (Fsp3) is 0.529. The smallest absolute Gasteiger partial charge is 0.223 e. The predicted molar refractivity (Wildman–Crippen MR) is 97.5 cm³/mol. The molecule has 5 heteroatoms. The fourth-order valence-corrected chi connectivity index (χ4v) is 1.97. The lowest BCUT2D eigenvalue weighted by atomic mass is 10.1. The Hall–Kier alpha value is -2.04. The molecule has 1 aromatic carbocycles. The number of hydrogen-bond donors (Lipinski definition) is 2. The first-order valence-electron chi connectivity index (χ1n) is 8.24. The van der Waals surface area contributed by atoms with Crippen molar-refractivity contribution in [3.63, 3.8) is 0 Å². The predicted octanol–water partition coefficient (Wildman–Crippen LogP) is 3.49. The van der Waals surface area contributed by atoms with Crippen molar-refractivity contribution in [1.29, 1.82) is 0 Å². The summed E-state index contributed by atoms with van der Waals surface area (Å²) in [5.74, 6) is 0.663. The van der Waals surface area contributed by atoms with Crippen LogP contribution in [0.4, 0.5) is 5.69 Å². The van der Waals surface area contributed by atoms with Gasteiger partial charge < -0.3 is 16.4 Å². The number of rotatable bonds is 1. The molecule has 0 radical (unpaired) electrons. The zero-order chi connectivity index (χ0) is 16.8. The summed E-state index contributed by atoms with van der Waals surface area (Å²) in [7, 11) is 0. The second-order valence-electron chi connectivity index (χ2n) is 4.32. The molecule has 0 atom stereocenters. The van der Waals surface area contributed by atoms with E-state index in [0.29, 0.717) is 5.96 Å².